The van der Waals surface area contributed by atoms with E-state index in [0.29, 0.717) is 0 Å². The second kappa shape index (κ2) is 9.00. The van der Waals surface area contributed by atoms with Gasteiger partial charge in [0, 0.05) is 19.3 Å². The Kier molecular flexibility index (Phi) is 7.87. The average molecular weight is 227 g/mol. The summed E-state index contributed by atoms with van der Waals surface area (Å²) in [6.45, 7) is 7.34. The Hall–Kier alpha value is -0.0800. The molecular formula is C14H29NO. The van der Waals surface area contributed by atoms with Gasteiger partial charge < -0.3 is 10.1 Å². The van der Waals surface area contributed by atoms with E-state index in [-0.39, 0.29) is 0 Å². The molecule has 0 radical (unpaired) electrons. The molecule has 0 saturated heterocycles. The summed E-state index contributed by atoms with van der Waals surface area (Å²) >= 11 is 0. The van der Waals surface area contributed by atoms with Crippen LogP contribution in [0.4, 0.5) is 0 Å². The van der Waals surface area contributed by atoms with E-state index in [0.717, 1.165) is 25.2 Å². The minimum absolute atomic E-state index is 0.800. The van der Waals surface area contributed by atoms with Crippen molar-refractivity contribution in [2.45, 2.75) is 64.8 Å². The predicted octanol–water partition coefficient (Wildman–Crippen LogP) is 3.36. The number of ether oxygens (including phenoxy) is 1. The molecular weight excluding hydrogens is 198 g/mol. The van der Waals surface area contributed by atoms with E-state index in [1.54, 1.807) is 0 Å². The van der Waals surface area contributed by atoms with Gasteiger partial charge in [0.05, 0.1) is 0 Å². The van der Waals surface area contributed by atoms with Gasteiger partial charge in [0.2, 0.25) is 0 Å². The van der Waals surface area contributed by atoms with Crippen molar-refractivity contribution in [1.29, 1.82) is 0 Å². The van der Waals surface area contributed by atoms with E-state index in [9.17, 15) is 0 Å². The standard InChI is InChI=1S/C14H29NO/c1-3-13(10-11-16-4-2)12-15-14-8-6-5-7-9-14/h13-15H,3-12H2,1-2H3/t13-/m1/s1. The van der Waals surface area contributed by atoms with Crippen molar-refractivity contribution in [2.24, 2.45) is 5.92 Å². The molecule has 0 bridgehead atoms. The van der Waals surface area contributed by atoms with Gasteiger partial charge in [-0.1, -0.05) is 32.6 Å². The first-order valence-electron chi connectivity index (χ1n) is 7.18. The Morgan fingerprint density at radius 1 is 1.19 bits per heavy atom. The van der Waals surface area contributed by atoms with Gasteiger partial charge in [-0.2, -0.15) is 0 Å². The third-order valence-corrected chi connectivity index (χ3v) is 3.75. The van der Waals surface area contributed by atoms with Crippen molar-refractivity contribution < 1.29 is 4.74 Å². The van der Waals surface area contributed by atoms with Crippen LogP contribution in [0.2, 0.25) is 0 Å². The first-order chi connectivity index (χ1) is 7.86. The summed E-state index contributed by atoms with van der Waals surface area (Å²) in [7, 11) is 0. The van der Waals surface area contributed by atoms with E-state index < -0.39 is 0 Å². The fourth-order valence-electron chi connectivity index (χ4n) is 2.48. The lowest BCUT2D eigenvalue weighted by molar-refractivity contribution is 0.130. The molecule has 1 rings (SSSR count). The molecule has 1 aliphatic rings. The van der Waals surface area contributed by atoms with Crippen molar-refractivity contribution in [2.75, 3.05) is 19.8 Å². The van der Waals surface area contributed by atoms with Crippen LogP contribution >= 0.6 is 0 Å². The van der Waals surface area contributed by atoms with Gasteiger partial charge >= 0.3 is 0 Å². The molecule has 0 aromatic heterocycles. The van der Waals surface area contributed by atoms with Gasteiger partial charge in [-0.3, -0.25) is 0 Å². The number of hydrogen-bond donors (Lipinski definition) is 1. The van der Waals surface area contributed by atoms with E-state index in [1.165, 1.54) is 51.5 Å². The number of hydrogen-bond acceptors (Lipinski definition) is 2. The second-order valence-corrected chi connectivity index (χ2v) is 5.00. The zero-order valence-electron chi connectivity index (χ0n) is 11.1. The molecule has 16 heavy (non-hydrogen) atoms. The largest absolute Gasteiger partial charge is 0.382 e. The number of rotatable bonds is 8. The molecule has 96 valence electrons. The highest BCUT2D eigenvalue weighted by atomic mass is 16.5. The smallest absolute Gasteiger partial charge is 0.0469 e. The molecule has 2 nitrogen and oxygen atoms in total. The molecule has 1 fully saturated rings. The zero-order valence-corrected chi connectivity index (χ0v) is 11.1. The fraction of sp³-hybridized carbons (Fsp3) is 1.00. The van der Waals surface area contributed by atoms with Crippen molar-refractivity contribution in [3.8, 4) is 0 Å². The van der Waals surface area contributed by atoms with Crippen LogP contribution in [0.3, 0.4) is 0 Å². The molecule has 0 amide bonds. The lowest BCUT2D eigenvalue weighted by Crippen LogP contribution is -2.35. The van der Waals surface area contributed by atoms with Gasteiger partial charge in [0.25, 0.3) is 0 Å². The summed E-state index contributed by atoms with van der Waals surface area (Å²) in [6.07, 6.45) is 9.56. The highest BCUT2D eigenvalue weighted by Crippen LogP contribution is 2.18. The minimum atomic E-state index is 0.800. The van der Waals surface area contributed by atoms with Gasteiger partial charge in [-0.15, -0.1) is 0 Å². The summed E-state index contributed by atoms with van der Waals surface area (Å²) in [5, 5.41) is 3.74. The highest BCUT2D eigenvalue weighted by molar-refractivity contribution is 4.73. The predicted molar refractivity (Wildman–Crippen MR) is 69.8 cm³/mol. The fourth-order valence-corrected chi connectivity index (χ4v) is 2.48. The quantitative estimate of drug-likeness (QED) is 0.642. The van der Waals surface area contributed by atoms with Gasteiger partial charge in [0.15, 0.2) is 0 Å². The molecule has 0 aromatic carbocycles. The van der Waals surface area contributed by atoms with Crippen LogP contribution in [-0.4, -0.2) is 25.8 Å². The van der Waals surface area contributed by atoms with Gasteiger partial charge in [-0.05, 0) is 38.6 Å². The Morgan fingerprint density at radius 3 is 2.56 bits per heavy atom. The lowest BCUT2D eigenvalue weighted by atomic mass is 9.94. The maximum absolute atomic E-state index is 5.43. The third kappa shape index (κ3) is 5.86. The second-order valence-electron chi connectivity index (χ2n) is 5.00. The van der Waals surface area contributed by atoms with Crippen molar-refractivity contribution in [3.05, 3.63) is 0 Å². The first-order valence-corrected chi connectivity index (χ1v) is 7.18. The van der Waals surface area contributed by atoms with Crippen LogP contribution < -0.4 is 5.32 Å². The normalized spacial score (nSPS) is 19.9. The summed E-state index contributed by atoms with van der Waals surface area (Å²) in [6, 6.07) is 0.801. The molecule has 0 unspecified atom stereocenters. The molecule has 0 aromatic rings. The summed E-state index contributed by atoms with van der Waals surface area (Å²) in [5.41, 5.74) is 0. The summed E-state index contributed by atoms with van der Waals surface area (Å²) < 4.78 is 5.43. The molecule has 0 aliphatic heterocycles. The maximum atomic E-state index is 5.43. The first kappa shape index (κ1) is 14.0. The number of nitrogens with one attached hydrogen (secondary N) is 1. The third-order valence-electron chi connectivity index (χ3n) is 3.75. The topological polar surface area (TPSA) is 21.3 Å². The van der Waals surface area contributed by atoms with E-state index >= 15 is 0 Å². The Labute approximate surface area is 101 Å². The van der Waals surface area contributed by atoms with Crippen molar-refractivity contribution in [3.63, 3.8) is 0 Å². The zero-order chi connectivity index (χ0) is 11.6. The Bertz CT molecular complexity index is 155. The van der Waals surface area contributed by atoms with E-state index in [2.05, 4.69) is 19.2 Å². The summed E-state index contributed by atoms with van der Waals surface area (Å²) in [5.74, 6) is 0.800. The lowest BCUT2D eigenvalue weighted by Gasteiger charge is -2.25. The van der Waals surface area contributed by atoms with Crippen LogP contribution in [0.5, 0.6) is 0 Å². The van der Waals surface area contributed by atoms with Crippen molar-refractivity contribution >= 4 is 0 Å². The van der Waals surface area contributed by atoms with Crippen LogP contribution in [-0.2, 0) is 4.74 Å². The molecule has 1 atom stereocenters. The van der Waals surface area contributed by atoms with Crippen LogP contribution in [0, 0.1) is 5.92 Å². The maximum Gasteiger partial charge on any atom is 0.0469 e. The van der Waals surface area contributed by atoms with E-state index in [4.69, 9.17) is 4.74 Å². The van der Waals surface area contributed by atoms with Gasteiger partial charge in [0.1, 0.15) is 0 Å². The molecule has 1 saturated carbocycles. The van der Waals surface area contributed by atoms with Gasteiger partial charge in [-0.25, -0.2) is 0 Å². The molecule has 0 spiro atoms. The SMILES string of the molecule is CCOCC[C@@H](CC)CNC1CCCCC1. The Morgan fingerprint density at radius 2 is 1.94 bits per heavy atom. The molecule has 1 aliphatic carbocycles. The minimum Gasteiger partial charge on any atom is -0.382 e. The summed E-state index contributed by atoms with van der Waals surface area (Å²) in [4.78, 5) is 0. The monoisotopic (exact) mass is 227 g/mol. The van der Waals surface area contributed by atoms with Crippen LogP contribution in [0.15, 0.2) is 0 Å². The van der Waals surface area contributed by atoms with Crippen LogP contribution in [0.25, 0.3) is 0 Å². The molecule has 2 heteroatoms. The molecule has 1 N–H and O–H groups in total. The Balaban J connectivity index is 2.07. The highest BCUT2D eigenvalue weighted by Gasteiger charge is 2.14. The van der Waals surface area contributed by atoms with Crippen molar-refractivity contribution in [1.82, 2.24) is 5.32 Å². The molecule has 0 heterocycles. The van der Waals surface area contributed by atoms with E-state index in [1.807, 2.05) is 0 Å². The van der Waals surface area contributed by atoms with Crippen LogP contribution in [0.1, 0.15) is 58.8 Å². The average Bonchev–Trinajstić information content (AvgIpc) is 2.35.